The Labute approximate surface area is 180 Å². The van der Waals surface area contributed by atoms with Gasteiger partial charge in [-0.1, -0.05) is 42.5 Å². The molecule has 0 spiro atoms. The van der Waals surface area contributed by atoms with E-state index in [1.165, 1.54) is 19.1 Å². The van der Waals surface area contributed by atoms with Crippen molar-refractivity contribution < 1.29 is 18.4 Å². The molecule has 28 heavy (non-hydrogen) atoms. The van der Waals surface area contributed by atoms with E-state index >= 15 is 0 Å². The lowest BCUT2D eigenvalue weighted by atomic mass is 9.91. The Kier molecular flexibility index (Phi) is 13.4. The third-order valence-corrected chi connectivity index (χ3v) is 3.71. The Morgan fingerprint density at radius 1 is 1.18 bits per heavy atom. The SMILES string of the molecule is CC(C)(C)NN.CC1=CC=CC(F)(C(=O)Cl)C1F.Cl.O=C(Cl)c1ccccc1. The lowest BCUT2D eigenvalue weighted by Gasteiger charge is -2.24. The van der Waals surface area contributed by atoms with E-state index < -0.39 is 22.3 Å². The molecule has 0 saturated heterocycles. The van der Waals surface area contributed by atoms with Crippen molar-refractivity contribution in [3.63, 3.8) is 0 Å². The molecule has 3 N–H and O–H groups in total. The molecule has 158 valence electrons. The van der Waals surface area contributed by atoms with Crippen LogP contribution in [-0.4, -0.2) is 27.9 Å². The van der Waals surface area contributed by atoms with E-state index in [4.69, 9.17) is 29.0 Å². The summed E-state index contributed by atoms with van der Waals surface area (Å²) in [5.74, 6) is 5.06. The summed E-state index contributed by atoms with van der Waals surface area (Å²) in [6, 6.07) is 8.74. The second kappa shape index (κ2) is 13.0. The Hall–Kier alpha value is -1.31. The third kappa shape index (κ3) is 10.3. The summed E-state index contributed by atoms with van der Waals surface area (Å²) in [6.07, 6.45) is 1.56. The van der Waals surface area contributed by atoms with Crippen molar-refractivity contribution >= 4 is 46.1 Å². The number of carbonyl (C=O) groups excluding carboxylic acids is 2. The molecule has 2 rings (SSSR count). The van der Waals surface area contributed by atoms with Gasteiger partial charge in [0.25, 0.3) is 10.5 Å². The van der Waals surface area contributed by atoms with Gasteiger partial charge < -0.3 is 0 Å². The van der Waals surface area contributed by atoms with Gasteiger partial charge in [-0.2, -0.15) is 0 Å². The number of allylic oxidation sites excluding steroid dienone is 4. The number of hydrazine groups is 1. The highest BCUT2D eigenvalue weighted by Crippen LogP contribution is 2.32. The number of hydrogen-bond donors (Lipinski definition) is 2. The number of benzene rings is 1. The maximum Gasteiger partial charge on any atom is 0.266 e. The molecule has 0 radical (unpaired) electrons. The summed E-state index contributed by atoms with van der Waals surface area (Å²) in [6.45, 7) is 7.43. The second-order valence-electron chi connectivity index (χ2n) is 6.71. The summed E-state index contributed by atoms with van der Waals surface area (Å²) < 4.78 is 26.4. The average Bonchev–Trinajstić information content (AvgIpc) is 2.60. The topological polar surface area (TPSA) is 72.2 Å². The number of alkyl halides is 2. The highest BCUT2D eigenvalue weighted by atomic mass is 35.5. The number of hydrogen-bond acceptors (Lipinski definition) is 4. The molecule has 2 unspecified atom stereocenters. The van der Waals surface area contributed by atoms with Crippen molar-refractivity contribution in [1.29, 1.82) is 0 Å². The van der Waals surface area contributed by atoms with Crippen LogP contribution in [0.15, 0.2) is 54.1 Å². The number of rotatable bonds is 2. The Bertz CT molecular complexity index is 692. The van der Waals surface area contributed by atoms with Gasteiger partial charge in [0, 0.05) is 11.1 Å². The first-order valence-electron chi connectivity index (χ1n) is 7.96. The van der Waals surface area contributed by atoms with Gasteiger partial charge in [-0.05, 0) is 62.5 Å². The fourth-order valence-electron chi connectivity index (χ4n) is 1.57. The minimum Gasteiger partial charge on any atom is -0.277 e. The van der Waals surface area contributed by atoms with Crippen molar-refractivity contribution in [1.82, 2.24) is 5.43 Å². The van der Waals surface area contributed by atoms with Gasteiger partial charge >= 0.3 is 0 Å². The van der Waals surface area contributed by atoms with Gasteiger partial charge in [0.2, 0.25) is 5.67 Å². The van der Waals surface area contributed by atoms with Crippen LogP contribution in [0.2, 0.25) is 0 Å². The Morgan fingerprint density at radius 3 is 1.93 bits per heavy atom. The molecule has 0 aromatic heterocycles. The van der Waals surface area contributed by atoms with Gasteiger partial charge in [0.1, 0.15) is 0 Å². The Morgan fingerprint density at radius 2 is 1.64 bits per heavy atom. The standard InChI is InChI=1S/C8H7ClF2O.C7H5ClO.C4H12N2.ClH/c1-5-3-2-4-8(11,6(5)10)7(9)12;8-7(9)6-4-2-1-3-5-6;1-4(2,3)6-5;/h2-4,6H,1H3;1-5H;6H,5H2,1-3H3;1H. The molecule has 0 heterocycles. The maximum absolute atomic E-state index is 13.4. The zero-order valence-corrected chi connectivity index (χ0v) is 18.3. The predicted octanol–water partition coefficient (Wildman–Crippen LogP) is 5.05. The molecule has 9 heteroatoms. The Balaban J connectivity index is 0. The molecule has 2 atom stereocenters. The van der Waals surface area contributed by atoms with Crippen LogP contribution in [0.5, 0.6) is 0 Å². The lowest BCUT2D eigenvalue weighted by Crippen LogP contribution is -2.41. The van der Waals surface area contributed by atoms with Crippen molar-refractivity contribution in [3.05, 3.63) is 59.7 Å². The van der Waals surface area contributed by atoms with Crippen LogP contribution >= 0.6 is 35.6 Å². The molecule has 0 aliphatic heterocycles. The zero-order chi connectivity index (χ0) is 21.3. The molecule has 1 aliphatic rings. The summed E-state index contributed by atoms with van der Waals surface area (Å²) in [5, 5.41) is -1.73. The van der Waals surface area contributed by atoms with Crippen LogP contribution in [0, 0.1) is 0 Å². The van der Waals surface area contributed by atoms with Gasteiger partial charge in [-0.15, -0.1) is 12.4 Å². The smallest absolute Gasteiger partial charge is 0.266 e. The average molecular weight is 458 g/mol. The quantitative estimate of drug-likeness (QED) is 0.370. The molecule has 1 aromatic carbocycles. The summed E-state index contributed by atoms with van der Waals surface area (Å²) in [7, 11) is 0. The number of halogens is 5. The number of nitrogens with one attached hydrogen (secondary N) is 1. The van der Waals surface area contributed by atoms with Crippen molar-refractivity contribution in [2.75, 3.05) is 0 Å². The molecule has 4 nitrogen and oxygen atoms in total. The molecule has 0 bridgehead atoms. The van der Waals surface area contributed by atoms with E-state index in [9.17, 15) is 18.4 Å². The van der Waals surface area contributed by atoms with Crippen LogP contribution < -0.4 is 11.3 Å². The number of carbonyl (C=O) groups is 2. The van der Waals surface area contributed by atoms with Crippen LogP contribution in [0.3, 0.4) is 0 Å². The predicted molar refractivity (Wildman–Crippen MR) is 113 cm³/mol. The lowest BCUT2D eigenvalue weighted by molar-refractivity contribution is -0.122. The highest BCUT2D eigenvalue weighted by Gasteiger charge is 2.45. The molecule has 0 amide bonds. The molecule has 0 saturated carbocycles. The maximum atomic E-state index is 13.4. The van der Waals surface area contributed by atoms with Gasteiger partial charge in [-0.25, -0.2) is 8.78 Å². The van der Waals surface area contributed by atoms with Crippen molar-refractivity contribution in [2.45, 2.75) is 45.1 Å². The van der Waals surface area contributed by atoms with Gasteiger partial charge in [0.05, 0.1) is 0 Å². The first-order chi connectivity index (χ1) is 12.3. The van der Waals surface area contributed by atoms with Gasteiger partial charge in [-0.3, -0.25) is 20.9 Å². The monoisotopic (exact) mass is 456 g/mol. The third-order valence-electron chi connectivity index (χ3n) is 3.20. The normalized spacial score (nSPS) is 20.3. The van der Waals surface area contributed by atoms with Crippen molar-refractivity contribution in [3.8, 4) is 0 Å². The van der Waals surface area contributed by atoms with Crippen LogP contribution in [-0.2, 0) is 4.79 Å². The van der Waals surface area contributed by atoms with E-state index in [1.807, 2.05) is 26.8 Å². The summed E-state index contributed by atoms with van der Waals surface area (Å²) in [5.41, 5.74) is 0.695. The zero-order valence-electron chi connectivity index (χ0n) is 16.0. The van der Waals surface area contributed by atoms with E-state index in [2.05, 4.69) is 5.43 Å². The van der Waals surface area contributed by atoms with Gasteiger partial charge in [0.15, 0.2) is 6.17 Å². The molecule has 1 aromatic rings. The first kappa shape index (κ1) is 28.9. The van der Waals surface area contributed by atoms with E-state index in [-0.39, 0.29) is 23.5 Å². The van der Waals surface area contributed by atoms with E-state index in [0.717, 1.165) is 6.08 Å². The number of nitrogens with two attached hydrogens (primary N) is 1. The minimum absolute atomic E-state index is 0. The van der Waals surface area contributed by atoms with Crippen molar-refractivity contribution in [2.24, 2.45) is 5.84 Å². The second-order valence-corrected chi connectivity index (χ2v) is 7.39. The van der Waals surface area contributed by atoms with E-state index in [0.29, 0.717) is 5.56 Å². The first-order valence-corrected chi connectivity index (χ1v) is 8.72. The molecule has 1 aliphatic carbocycles. The fraction of sp³-hybridized carbons (Fsp3) is 0.368. The highest BCUT2D eigenvalue weighted by molar-refractivity contribution is 6.67. The van der Waals surface area contributed by atoms with Crippen LogP contribution in [0.4, 0.5) is 8.78 Å². The fourth-order valence-corrected chi connectivity index (χ4v) is 1.86. The minimum atomic E-state index is -2.68. The molecular formula is C19H25Cl3F2N2O2. The summed E-state index contributed by atoms with van der Waals surface area (Å²) in [4.78, 5) is 21.0. The largest absolute Gasteiger partial charge is 0.277 e. The van der Waals surface area contributed by atoms with E-state index in [1.54, 1.807) is 24.3 Å². The van der Waals surface area contributed by atoms with Crippen LogP contribution in [0.25, 0.3) is 0 Å². The molecular weight excluding hydrogens is 433 g/mol. The van der Waals surface area contributed by atoms with Crippen LogP contribution in [0.1, 0.15) is 38.1 Å². The summed E-state index contributed by atoms with van der Waals surface area (Å²) >= 11 is 10.1. The molecule has 0 fully saturated rings.